The van der Waals surface area contributed by atoms with E-state index in [9.17, 15) is 9.59 Å². The Morgan fingerprint density at radius 2 is 1.69 bits per heavy atom. The molecule has 0 aromatic heterocycles. The second kappa shape index (κ2) is 11.9. The van der Waals surface area contributed by atoms with Crippen LogP contribution in [0.4, 0.5) is 0 Å². The molecule has 0 bridgehead atoms. The predicted octanol–water partition coefficient (Wildman–Crippen LogP) is 4.20. The quantitative estimate of drug-likeness (QED) is 0.216. The summed E-state index contributed by atoms with van der Waals surface area (Å²) in [5, 5.41) is 10.3. The largest absolute Gasteiger partial charge is 0.456 e. The number of nitrogens with one attached hydrogen (secondary N) is 2. The first-order valence-corrected chi connectivity index (χ1v) is 12.5. The monoisotopic (exact) mass is 630 g/mol. The summed E-state index contributed by atoms with van der Waals surface area (Å²) in [7, 11) is 0. The average Bonchev–Trinajstić information content (AvgIpc) is 2.79. The second-order valence-electron chi connectivity index (χ2n) is 7.25. The highest BCUT2D eigenvalue weighted by molar-refractivity contribution is 6.76. The van der Waals surface area contributed by atoms with E-state index in [4.69, 9.17) is 110 Å². The lowest BCUT2D eigenvalue weighted by atomic mass is 9.95. The van der Waals surface area contributed by atoms with Crippen molar-refractivity contribution in [2.75, 3.05) is 12.5 Å². The van der Waals surface area contributed by atoms with Crippen LogP contribution in [-0.2, 0) is 33.3 Å². The van der Waals surface area contributed by atoms with E-state index in [2.05, 4.69) is 5.32 Å². The highest BCUT2D eigenvalue weighted by atomic mass is 35.6. The van der Waals surface area contributed by atoms with Gasteiger partial charge in [-0.2, -0.15) is 0 Å². The van der Waals surface area contributed by atoms with Crippen LogP contribution in [0.1, 0.15) is 11.9 Å². The molecule has 2 heterocycles. The number of benzene rings is 1. The smallest absolute Gasteiger partial charge is 0.321 e. The third kappa shape index (κ3) is 7.54. The van der Waals surface area contributed by atoms with Crippen molar-refractivity contribution in [1.29, 1.82) is 5.41 Å². The maximum Gasteiger partial charge on any atom is 0.321 e. The van der Waals surface area contributed by atoms with Gasteiger partial charge in [0.25, 0.3) is 13.5 Å². The van der Waals surface area contributed by atoms with Crippen LogP contribution in [0.2, 0.25) is 0 Å². The van der Waals surface area contributed by atoms with Crippen molar-refractivity contribution in [3.05, 3.63) is 35.9 Å². The van der Waals surface area contributed by atoms with Gasteiger partial charge in [-0.15, -0.1) is 11.6 Å². The summed E-state index contributed by atoms with van der Waals surface area (Å²) in [6.07, 6.45) is -5.63. The molecule has 1 aromatic carbocycles. The van der Waals surface area contributed by atoms with Crippen LogP contribution < -0.4 is 5.32 Å². The summed E-state index contributed by atoms with van der Waals surface area (Å²) in [5.41, 5.74) is 0.673. The van der Waals surface area contributed by atoms with Gasteiger partial charge in [-0.3, -0.25) is 15.0 Å². The molecule has 6 atom stereocenters. The van der Waals surface area contributed by atoms with Gasteiger partial charge in [0.05, 0.1) is 6.61 Å². The second-order valence-corrected chi connectivity index (χ2v) is 12.1. The zero-order valence-electron chi connectivity index (χ0n) is 17.3. The lowest BCUT2D eigenvalue weighted by Crippen LogP contribution is -2.68. The van der Waals surface area contributed by atoms with Crippen LogP contribution in [0, 0.1) is 5.41 Å². The first-order chi connectivity index (χ1) is 16.3. The summed E-state index contributed by atoms with van der Waals surface area (Å²) in [6, 6.07) is 7.52. The standard InChI is InChI=1S/C19H17Cl7N2O7/c20-6-10(29)33-13-11(28-17(30)19(24,25)26)15(35-16(27)18(21,22)23)32-9-7-31-14(34-12(9)13)8-4-2-1-3-5-8/h1-5,9,11-15,27H,6-7H2,(H,28,30)/t9-,11-,12-,13-,14?,15-/m1/s1. The van der Waals surface area contributed by atoms with E-state index < -0.39 is 68.2 Å². The number of fused-ring (bicyclic) bond motifs is 1. The lowest BCUT2D eigenvalue weighted by molar-refractivity contribution is -0.336. The van der Waals surface area contributed by atoms with Crippen molar-refractivity contribution >= 4 is 99.0 Å². The molecule has 0 spiro atoms. The highest BCUT2D eigenvalue weighted by Crippen LogP contribution is 2.38. The lowest BCUT2D eigenvalue weighted by Gasteiger charge is -2.48. The molecule has 1 aromatic rings. The predicted molar refractivity (Wildman–Crippen MR) is 131 cm³/mol. The van der Waals surface area contributed by atoms with Crippen LogP contribution in [0.15, 0.2) is 30.3 Å². The fraction of sp³-hybridized carbons (Fsp3) is 0.526. The molecule has 0 radical (unpaired) electrons. The zero-order valence-corrected chi connectivity index (χ0v) is 22.6. The summed E-state index contributed by atoms with van der Waals surface area (Å²) < 4.78 is 23.8. The number of halogens is 7. The number of carbonyl (C=O) groups is 2. The molecule has 35 heavy (non-hydrogen) atoms. The third-order valence-electron chi connectivity index (χ3n) is 4.83. The van der Waals surface area contributed by atoms with Gasteiger partial charge >= 0.3 is 5.97 Å². The molecule has 2 fully saturated rings. The number of esters is 1. The number of amides is 1. The molecule has 3 rings (SSSR count). The third-order valence-corrected chi connectivity index (χ3v) is 6.08. The highest BCUT2D eigenvalue weighted by Gasteiger charge is 2.55. The molecular formula is C19H17Cl7N2O7. The van der Waals surface area contributed by atoms with Gasteiger partial charge in [-0.05, 0) is 0 Å². The van der Waals surface area contributed by atoms with E-state index in [1.165, 1.54) is 0 Å². The normalized spacial score (nSPS) is 29.0. The van der Waals surface area contributed by atoms with Gasteiger partial charge in [0.1, 0.15) is 24.1 Å². The Morgan fingerprint density at radius 1 is 1.03 bits per heavy atom. The molecular weight excluding hydrogens is 616 g/mol. The average molecular weight is 634 g/mol. The van der Waals surface area contributed by atoms with Gasteiger partial charge in [-0.25, -0.2) is 0 Å². The van der Waals surface area contributed by atoms with Crippen molar-refractivity contribution in [2.45, 2.75) is 44.5 Å². The van der Waals surface area contributed by atoms with E-state index in [-0.39, 0.29) is 6.61 Å². The van der Waals surface area contributed by atoms with Crippen LogP contribution >= 0.6 is 81.2 Å². The Balaban J connectivity index is 1.96. The summed E-state index contributed by atoms with van der Waals surface area (Å²) in [6.45, 7) is -0.0504. The van der Waals surface area contributed by atoms with E-state index in [0.717, 1.165) is 0 Å². The number of alkyl halides is 7. The molecule has 2 N–H and O–H groups in total. The van der Waals surface area contributed by atoms with Crippen molar-refractivity contribution in [3.63, 3.8) is 0 Å². The van der Waals surface area contributed by atoms with Crippen LogP contribution in [0.25, 0.3) is 0 Å². The Bertz CT molecular complexity index is 928. The molecule has 1 unspecified atom stereocenters. The Labute approximate surface area is 234 Å². The molecule has 0 aliphatic carbocycles. The molecule has 1 amide bonds. The Hall–Kier alpha value is -0.460. The molecule has 2 saturated heterocycles. The van der Waals surface area contributed by atoms with Crippen molar-refractivity contribution < 1.29 is 33.3 Å². The Kier molecular flexibility index (Phi) is 9.93. The Morgan fingerprint density at radius 3 is 2.26 bits per heavy atom. The van der Waals surface area contributed by atoms with E-state index in [1.807, 2.05) is 6.07 Å². The number of hydrogen-bond donors (Lipinski definition) is 2. The fourth-order valence-electron chi connectivity index (χ4n) is 3.34. The van der Waals surface area contributed by atoms with Crippen LogP contribution in [-0.4, -0.2) is 68.5 Å². The van der Waals surface area contributed by atoms with Crippen LogP contribution in [0.3, 0.4) is 0 Å². The SMILES string of the molecule is N=C(O[C@H]1O[C@@H]2COC(c3ccccc3)O[C@H]2[C@H](OC(=O)CCl)[C@H]1NC(=O)C(Cl)(Cl)Cl)C(Cl)(Cl)Cl. The molecule has 16 heteroatoms. The molecule has 2 aliphatic rings. The maximum atomic E-state index is 12.5. The van der Waals surface area contributed by atoms with Crippen LogP contribution in [0.5, 0.6) is 0 Å². The first kappa shape index (κ1) is 29.1. The number of ether oxygens (including phenoxy) is 5. The summed E-state index contributed by atoms with van der Waals surface area (Å²) in [4.78, 5) is 24.7. The van der Waals surface area contributed by atoms with Gasteiger partial charge in [0, 0.05) is 5.56 Å². The van der Waals surface area contributed by atoms with Crippen molar-refractivity contribution in [3.8, 4) is 0 Å². The summed E-state index contributed by atoms with van der Waals surface area (Å²) >= 11 is 39.9. The van der Waals surface area contributed by atoms with Gasteiger partial charge < -0.3 is 29.0 Å². The molecule has 194 valence electrons. The number of carbonyl (C=O) groups excluding carboxylic acids is 2. The minimum Gasteiger partial charge on any atom is -0.456 e. The van der Waals surface area contributed by atoms with E-state index in [0.29, 0.717) is 5.56 Å². The minimum absolute atomic E-state index is 0.0504. The number of hydrogen-bond acceptors (Lipinski definition) is 8. The van der Waals surface area contributed by atoms with Gasteiger partial charge in [-0.1, -0.05) is 99.9 Å². The van der Waals surface area contributed by atoms with E-state index >= 15 is 0 Å². The zero-order chi connectivity index (χ0) is 26.0. The summed E-state index contributed by atoms with van der Waals surface area (Å²) in [5.74, 6) is -3.33. The maximum absolute atomic E-state index is 12.5. The van der Waals surface area contributed by atoms with Gasteiger partial charge in [0.15, 0.2) is 12.4 Å². The molecule has 2 aliphatic heterocycles. The fourth-order valence-corrected chi connectivity index (χ4v) is 3.70. The molecule has 0 saturated carbocycles. The topological polar surface area (TPSA) is 116 Å². The van der Waals surface area contributed by atoms with Crippen molar-refractivity contribution in [2.24, 2.45) is 0 Å². The number of rotatable bonds is 5. The first-order valence-electron chi connectivity index (χ1n) is 9.74. The van der Waals surface area contributed by atoms with Gasteiger partial charge in [0.2, 0.25) is 12.2 Å². The van der Waals surface area contributed by atoms with Crippen molar-refractivity contribution in [1.82, 2.24) is 5.32 Å². The molecule has 9 nitrogen and oxygen atoms in total. The van der Waals surface area contributed by atoms with E-state index in [1.54, 1.807) is 24.3 Å². The minimum atomic E-state index is -2.41.